The van der Waals surface area contributed by atoms with Crippen molar-refractivity contribution in [2.75, 3.05) is 12.3 Å². The van der Waals surface area contributed by atoms with Gasteiger partial charge in [-0.1, -0.05) is 6.92 Å². The van der Waals surface area contributed by atoms with Gasteiger partial charge in [-0.25, -0.2) is 8.78 Å². The second kappa shape index (κ2) is 6.36. The Balaban J connectivity index is 2.34. The first-order valence-corrected chi connectivity index (χ1v) is 6.76. The van der Waals surface area contributed by atoms with Gasteiger partial charge >= 0.3 is 0 Å². The quantitative estimate of drug-likeness (QED) is 0.615. The van der Waals surface area contributed by atoms with E-state index in [1.54, 1.807) is 6.07 Å². The minimum absolute atomic E-state index is 0.134. The highest BCUT2D eigenvalue weighted by Gasteiger charge is 2.12. The molecule has 0 fully saturated rings. The number of hydrogen-bond donors (Lipinski definition) is 1. The molecule has 1 N–H and O–H groups in total. The maximum absolute atomic E-state index is 12.9. The van der Waals surface area contributed by atoms with Crippen LogP contribution in [0.3, 0.4) is 0 Å². The summed E-state index contributed by atoms with van der Waals surface area (Å²) in [4.78, 5) is 0.764. The first kappa shape index (κ1) is 14.5. The van der Waals surface area contributed by atoms with E-state index in [9.17, 15) is 8.78 Å². The maximum Gasteiger partial charge on any atom is 0.159 e. The second-order valence-corrected chi connectivity index (χ2v) is 5.76. The van der Waals surface area contributed by atoms with Crippen LogP contribution in [0.4, 0.5) is 8.78 Å². The van der Waals surface area contributed by atoms with Crippen molar-refractivity contribution in [2.45, 2.75) is 37.6 Å². The Labute approximate surface area is 106 Å². The normalized spacial score (nSPS) is 11.8. The van der Waals surface area contributed by atoms with Gasteiger partial charge in [-0.15, -0.1) is 11.8 Å². The van der Waals surface area contributed by atoms with Crippen LogP contribution in [0, 0.1) is 11.6 Å². The van der Waals surface area contributed by atoms with E-state index in [2.05, 4.69) is 26.1 Å². The van der Waals surface area contributed by atoms with Gasteiger partial charge < -0.3 is 5.32 Å². The smallest absolute Gasteiger partial charge is 0.159 e. The number of hydrogen-bond acceptors (Lipinski definition) is 2. The van der Waals surface area contributed by atoms with Crippen molar-refractivity contribution in [1.29, 1.82) is 0 Å². The third kappa shape index (κ3) is 5.04. The van der Waals surface area contributed by atoms with Crippen molar-refractivity contribution >= 4 is 11.8 Å². The summed E-state index contributed by atoms with van der Waals surface area (Å²) in [5, 5.41) is 3.42. The van der Waals surface area contributed by atoms with Crippen LogP contribution in [0.25, 0.3) is 0 Å². The average molecular weight is 259 g/mol. The first-order chi connectivity index (χ1) is 7.94. The van der Waals surface area contributed by atoms with E-state index < -0.39 is 11.6 Å². The van der Waals surface area contributed by atoms with E-state index in [0.29, 0.717) is 0 Å². The number of rotatable bonds is 6. The van der Waals surface area contributed by atoms with Crippen LogP contribution in [0.5, 0.6) is 0 Å². The summed E-state index contributed by atoms with van der Waals surface area (Å²) in [6, 6.07) is 4.01. The molecule has 0 unspecified atom stereocenters. The fourth-order valence-corrected chi connectivity index (χ4v) is 2.04. The first-order valence-electron chi connectivity index (χ1n) is 5.77. The molecule has 1 aromatic rings. The van der Waals surface area contributed by atoms with Crippen molar-refractivity contribution in [2.24, 2.45) is 0 Å². The van der Waals surface area contributed by atoms with Gasteiger partial charge in [0.1, 0.15) is 0 Å². The number of halogens is 2. The third-order valence-corrected chi connectivity index (χ3v) is 3.74. The molecule has 0 aromatic heterocycles. The fraction of sp³-hybridized carbons (Fsp3) is 0.538. The number of benzene rings is 1. The van der Waals surface area contributed by atoms with Crippen LogP contribution in [-0.4, -0.2) is 17.8 Å². The maximum atomic E-state index is 12.9. The van der Waals surface area contributed by atoms with E-state index in [1.165, 1.54) is 23.9 Å². The molecule has 0 bridgehead atoms. The Morgan fingerprint density at radius 3 is 2.53 bits per heavy atom. The predicted molar refractivity (Wildman–Crippen MR) is 69.5 cm³/mol. The standard InChI is InChI=1S/C13H19F2NS/c1-4-13(2,3)16-7-8-17-10-5-6-11(14)12(15)9-10/h5-6,9,16H,4,7-8H2,1-3H3. The summed E-state index contributed by atoms with van der Waals surface area (Å²) in [7, 11) is 0. The lowest BCUT2D eigenvalue weighted by atomic mass is 10.0. The molecule has 0 saturated heterocycles. The van der Waals surface area contributed by atoms with Crippen molar-refractivity contribution in [3.05, 3.63) is 29.8 Å². The molecular formula is C13H19F2NS. The van der Waals surface area contributed by atoms with Gasteiger partial charge in [0.05, 0.1) is 0 Å². The summed E-state index contributed by atoms with van der Waals surface area (Å²) < 4.78 is 25.6. The predicted octanol–water partition coefficient (Wildman–Crippen LogP) is 3.84. The summed E-state index contributed by atoms with van der Waals surface area (Å²) in [6.45, 7) is 7.28. The molecule has 1 rings (SSSR count). The molecule has 0 saturated carbocycles. The largest absolute Gasteiger partial charge is 0.311 e. The zero-order valence-corrected chi connectivity index (χ0v) is 11.3. The Morgan fingerprint density at radius 1 is 1.24 bits per heavy atom. The molecule has 96 valence electrons. The minimum atomic E-state index is -0.792. The minimum Gasteiger partial charge on any atom is -0.311 e. The molecule has 1 nitrogen and oxygen atoms in total. The van der Waals surface area contributed by atoms with Gasteiger partial charge in [0.25, 0.3) is 0 Å². The highest BCUT2D eigenvalue weighted by Crippen LogP contribution is 2.20. The van der Waals surface area contributed by atoms with Gasteiger partial charge in [0.2, 0.25) is 0 Å². The lowest BCUT2D eigenvalue weighted by Gasteiger charge is -2.24. The van der Waals surface area contributed by atoms with Crippen LogP contribution in [0.15, 0.2) is 23.1 Å². The monoisotopic (exact) mass is 259 g/mol. The van der Waals surface area contributed by atoms with Gasteiger partial charge in [-0.05, 0) is 38.5 Å². The molecule has 0 amide bonds. The second-order valence-electron chi connectivity index (χ2n) is 4.59. The summed E-state index contributed by atoms with van der Waals surface area (Å²) in [5.74, 6) is -0.731. The number of nitrogens with one attached hydrogen (secondary N) is 1. The molecule has 0 radical (unpaired) electrons. The summed E-state index contributed by atoms with van der Waals surface area (Å²) in [5.41, 5.74) is 0.134. The van der Waals surface area contributed by atoms with Crippen LogP contribution in [0.2, 0.25) is 0 Å². The Hall–Kier alpha value is -0.610. The van der Waals surface area contributed by atoms with Gasteiger partial charge in [-0.2, -0.15) is 0 Å². The van der Waals surface area contributed by atoms with Gasteiger partial charge in [0, 0.05) is 22.7 Å². The summed E-state index contributed by atoms with van der Waals surface area (Å²) >= 11 is 1.53. The molecule has 17 heavy (non-hydrogen) atoms. The van der Waals surface area contributed by atoms with Crippen LogP contribution in [-0.2, 0) is 0 Å². The third-order valence-electron chi connectivity index (χ3n) is 2.75. The van der Waals surface area contributed by atoms with Crippen molar-refractivity contribution in [3.63, 3.8) is 0 Å². The van der Waals surface area contributed by atoms with E-state index in [4.69, 9.17) is 0 Å². The van der Waals surface area contributed by atoms with Crippen LogP contribution < -0.4 is 5.32 Å². The lowest BCUT2D eigenvalue weighted by Crippen LogP contribution is -2.39. The molecule has 0 atom stereocenters. The molecule has 4 heteroatoms. The molecule has 0 spiro atoms. The Morgan fingerprint density at radius 2 is 1.94 bits per heavy atom. The van der Waals surface area contributed by atoms with Gasteiger partial charge in [-0.3, -0.25) is 0 Å². The zero-order valence-electron chi connectivity index (χ0n) is 10.5. The number of thioether (sulfide) groups is 1. The SMILES string of the molecule is CCC(C)(C)NCCSc1ccc(F)c(F)c1. The highest BCUT2D eigenvalue weighted by atomic mass is 32.2. The molecule has 0 heterocycles. The van der Waals surface area contributed by atoms with Crippen LogP contribution >= 0.6 is 11.8 Å². The molecule has 1 aromatic carbocycles. The van der Waals surface area contributed by atoms with E-state index in [-0.39, 0.29) is 5.54 Å². The summed E-state index contributed by atoms with van der Waals surface area (Å²) in [6.07, 6.45) is 1.06. The lowest BCUT2D eigenvalue weighted by molar-refractivity contribution is 0.388. The van der Waals surface area contributed by atoms with Crippen LogP contribution in [0.1, 0.15) is 27.2 Å². The van der Waals surface area contributed by atoms with E-state index >= 15 is 0 Å². The molecule has 0 aliphatic carbocycles. The Bertz CT molecular complexity index is 366. The topological polar surface area (TPSA) is 12.0 Å². The molecular weight excluding hydrogens is 240 g/mol. The molecule has 0 aliphatic rings. The fourth-order valence-electron chi connectivity index (χ4n) is 1.25. The Kier molecular flexibility index (Phi) is 5.40. The molecule has 0 aliphatic heterocycles. The van der Waals surface area contributed by atoms with Crippen molar-refractivity contribution in [3.8, 4) is 0 Å². The van der Waals surface area contributed by atoms with Gasteiger partial charge in [0.15, 0.2) is 11.6 Å². The van der Waals surface area contributed by atoms with E-state index in [0.717, 1.165) is 23.6 Å². The van der Waals surface area contributed by atoms with Crippen molar-refractivity contribution in [1.82, 2.24) is 5.32 Å². The van der Waals surface area contributed by atoms with E-state index in [1.807, 2.05) is 0 Å². The highest BCUT2D eigenvalue weighted by molar-refractivity contribution is 7.99. The van der Waals surface area contributed by atoms with Crippen molar-refractivity contribution < 1.29 is 8.78 Å². The average Bonchev–Trinajstić information content (AvgIpc) is 2.29. The zero-order chi connectivity index (χ0) is 12.9.